The number of hydrogen-bond acceptors (Lipinski definition) is 2. The minimum absolute atomic E-state index is 0.219. The second kappa shape index (κ2) is 7.12. The molecule has 0 saturated carbocycles. The summed E-state index contributed by atoms with van der Waals surface area (Å²) < 4.78 is 12.7. The number of amides is 1. The topological polar surface area (TPSA) is 32.3 Å². The number of carbonyl (C=O) groups is 1. The van der Waals surface area contributed by atoms with Crippen LogP contribution in [0.3, 0.4) is 0 Å². The third kappa shape index (κ3) is 4.54. The van der Waals surface area contributed by atoms with Crippen LogP contribution in [-0.2, 0) is 4.79 Å². The molecule has 1 saturated heterocycles. The highest BCUT2D eigenvalue weighted by Crippen LogP contribution is 2.11. The van der Waals surface area contributed by atoms with Gasteiger partial charge >= 0.3 is 0 Å². The Bertz CT molecular complexity index is 397. The molecule has 1 N–H and O–H groups in total. The molecule has 0 bridgehead atoms. The van der Waals surface area contributed by atoms with Gasteiger partial charge < -0.3 is 10.2 Å². The van der Waals surface area contributed by atoms with Crippen molar-refractivity contribution in [2.45, 2.75) is 32.1 Å². The van der Waals surface area contributed by atoms with Gasteiger partial charge in [-0.05, 0) is 37.1 Å². The summed E-state index contributed by atoms with van der Waals surface area (Å²) in [5, 5.41) is 3.14. The first kappa shape index (κ1) is 13.8. The Morgan fingerprint density at radius 2 is 1.74 bits per heavy atom. The van der Waals surface area contributed by atoms with Gasteiger partial charge in [0.05, 0.1) is 0 Å². The molecule has 0 spiro atoms. The lowest BCUT2D eigenvalue weighted by atomic mass is 10.2. The van der Waals surface area contributed by atoms with E-state index in [2.05, 4.69) is 5.32 Å². The molecule has 1 aromatic carbocycles. The number of carbonyl (C=O) groups excluding carboxylic acids is 1. The van der Waals surface area contributed by atoms with Gasteiger partial charge in [0.2, 0.25) is 5.91 Å². The van der Waals surface area contributed by atoms with Gasteiger partial charge in [0.15, 0.2) is 0 Å². The summed E-state index contributed by atoms with van der Waals surface area (Å²) in [6.45, 7) is 2.39. The smallest absolute Gasteiger partial charge is 0.224 e. The zero-order valence-electron chi connectivity index (χ0n) is 11.2. The second-order valence-electron chi connectivity index (χ2n) is 4.98. The Morgan fingerprint density at radius 3 is 2.37 bits per heavy atom. The summed E-state index contributed by atoms with van der Waals surface area (Å²) in [5.41, 5.74) is 0.852. The van der Waals surface area contributed by atoms with Gasteiger partial charge in [-0.1, -0.05) is 12.8 Å². The maximum absolute atomic E-state index is 12.7. The van der Waals surface area contributed by atoms with E-state index in [1.54, 1.807) is 12.1 Å². The summed E-state index contributed by atoms with van der Waals surface area (Å²) >= 11 is 0. The van der Waals surface area contributed by atoms with Gasteiger partial charge in [0, 0.05) is 31.7 Å². The Kier molecular flexibility index (Phi) is 5.19. The number of likely N-dealkylation sites (tertiary alicyclic amines) is 1. The molecule has 1 aromatic rings. The van der Waals surface area contributed by atoms with Crippen LogP contribution in [0.5, 0.6) is 0 Å². The van der Waals surface area contributed by atoms with Crippen molar-refractivity contribution in [2.75, 3.05) is 25.0 Å². The average molecular weight is 264 g/mol. The molecule has 0 aliphatic carbocycles. The minimum atomic E-state index is -0.244. The number of nitrogens with one attached hydrogen (secondary N) is 1. The molecule has 0 aromatic heterocycles. The third-order valence-electron chi connectivity index (χ3n) is 3.47. The zero-order chi connectivity index (χ0) is 13.5. The Balaban J connectivity index is 1.72. The number of anilines is 1. The SMILES string of the molecule is O=C(CCNc1ccc(F)cc1)N1CCCCCC1. The highest BCUT2D eigenvalue weighted by Gasteiger charge is 2.14. The molecule has 0 unspecified atom stereocenters. The van der Waals surface area contributed by atoms with Crippen molar-refractivity contribution in [1.82, 2.24) is 4.90 Å². The second-order valence-corrected chi connectivity index (χ2v) is 4.98. The predicted molar refractivity (Wildman–Crippen MR) is 74.6 cm³/mol. The van der Waals surface area contributed by atoms with Crippen LogP contribution in [0.15, 0.2) is 24.3 Å². The predicted octanol–water partition coefficient (Wildman–Crippen LogP) is 3.03. The third-order valence-corrected chi connectivity index (χ3v) is 3.47. The molecule has 1 aliphatic heterocycles. The van der Waals surface area contributed by atoms with Crippen molar-refractivity contribution in [1.29, 1.82) is 0 Å². The molecule has 1 amide bonds. The summed E-state index contributed by atoms with van der Waals surface area (Å²) in [6, 6.07) is 6.20. The number of nitrogens with zero attached hydrogens (tertiary/aromatic N) is 1. The Morgan fingerprint density at radius 1 is 1.11 bits per heavy atom. The van der Waals surface area contributed by atoms with Gasteiger partial charge in [-0.25, -0.2) is 4.39 Å². The van der Waals surface area contributed by atoms with E-state index in [0.29, 0.717) is 13.0 Å². The van der Waals surface area contributed by atoms with Crippen molar-refractivity contribution in [3.63, 3.8) is 0 Å². The maximum Gasteiger partial charge on any atom is 0.224 e. The minimum Gasteiger partial charge on any atom is -0.385 e. The molecular formula is C15H21FN2O. The molecule has 1 aliphatic rings. The van der Waals surface area contributed by atoms with Crippen LogP contribution in [-0.4, -0.2) is 30.4 Å². The van der Waals surface area contributed by atoms with Gasteiger partial charge in [0.25, 0.3) is 0 Å². The number of halogens is 1. The van der Waals surface area contributed by atoms with E-state index in [4.69, 9.17) is 0 Å². The van der Waals surface area contributed by atoms with Crippen LogP contribution < -0.4 is 5.32 Å². The lowest BCUT2D eigenvalue weighted by Gasteiger charge is -2.20. The first-order valence-electron chi connectivity index (χ1n) is 7.03. The van der Waals surface area contributed by atoms with E-state index >= 15 is 0 Å². The van der Waals surface area contributed by atoms with Crippen LogP contribution in [0.2, 0.25) is 0 Å². The van der Waals surface area contributed by atoms with Gasteiger partial charge in [0.1, 0.15) is 5.82 Å². The van der Waals surface area contributed by atoms with Crippen molar-refractivity contribution >= 4 is 11.6 Å². The molecule has 2 rings (SSSR count). The van der Waals surface area contributed by atoms with E-state index in [0.717, 1.165) is 31.6 Å². The summed E-state index contributed by atoms with van der Waals surface area (Å²) in [4.78, 5) is 14.0. The fraction of sp³-hybridized carbons (Fsp3) is 0.533. The highest BCUT2D eigenvalue weighted by molar-refractivity contribution is 5.76. The van der Waals surface area contributed by atoms with Crippen LogP contribution in [0.4, 0.5) is 10.1 Å². The van der Waals surface area contributed by atoms with Gasteiger partial charge in [-0.2, -0.15) is 0 Å². The van der Waals surface area contributed by atoms with Crippen LogP contribution in [0.1, 0.15) is 32.1 Å². The monoisotopic (exact) mass is 264 g/mol. The van der Waals surface area contributed by atoms with Crippen molar-refractivity contribution in [3.8, 4) is 0 Å². The number of hydrogen-bond donors (Lipinski definition) is 1. The Labute approximate surface area is 113 Å². The van der Waals surface area contributed by atoms with E-state index in [9.17, 15) is 9.18 Å². The van der Waals surface area contributed by atoms with Crippen molar-refractivity contribution in [3.05, 3.63) is 30.1 Å². The summed E-state index contributed by atoms with van der Waals surface area (Å²) in [7, 11) is 0. The molecule has 1 fully saturated rings. The lowest BCUT2D eigenvalue weighted by Crippen LogP contribution is -2.32. The summed E-state index contributed by atoms with van der Waals surface area (Å²) in [5.74, 6) is -0.0253. The van der Waals surface area contributed by atoms with E-state index in [-0.39, 0.29) is 11.7 Å². The molecule has 4 heteroatoms. The van der Waals surface area contributed by atoms with Gasteiger partial charge in [-0.3, -0.25) is 4.79 Å². The number of benzene rings is 1. The van der Waals surface area contributed by atoms with Crippen molar-refractivity contribution in [2.24, 2.45) is 0 Å². The average Bonchev–Trinajstić information content (AvgIpc) is 2.70. The summed E-state index contributed by atoms with van der Waals surface area (Å²) in [6.07, 6.45) is 5.21. The van der Waals surface area contributed by atoms with Crippen LogP contribution >= 0.6 is 0 Å². The van der Waals surface area contributed by atoms with E-state index in [1.165, 1.54) is 25.0 Å². The fourth-order valence-corrected chi connectivity index (χ4v) is 2.36. The normalized spacial score (nSPS) is 15.9. The molecule has 0 atom stereocenters. The first-order chi connectivity index (χ1) is 9.25. The molecule has 19 heavy (non-hydrogen) atoms. The van der Waals surface area contributed by atoms with Gasteiger partial charge in [-0.15, -0.1) is 0 Å². The molecular weight excluding hydrogens is 243 g/mol. The largest absolute Gasteiger partial charge is 0.385 e. The van der Waals surface area contributed by atoms with E-state index in [1.807, 2.05) is 4.90 Å². The first-order valence-corrected chi connectivity index (χ1v) is 7.03. The molecule has 104 valence electrons. The zero-order valence-corrected chi connectivity index (χ0v) is 11.2. The quantitative estimate of drug-likeness (QED) is 0.906. The molecule has 0 radical (unpaired) electrons. The van der Waals surface area contributed by atoms with Crippen LogP contribution in [0.25, 0.3) is 0 Å². The Hall–Kier alpha value is -1.58. The molecule has 1 heterocycles. The highest BCUT2D eigenvalue weighted by atomic mass is 19.1. The van der Waals surface area contributed by atoms with Crippen LogP contribution in [0, 0.1) is 5.82 Å². The standard InChI is InChI=1S/C15H21FN2O/c16-13-5-7-14(8-6-13)17-10-9-15(19)18-11-3-1-2-4-12-18/h5-8,17H,1-4,9-12H2. The molecule has 3 nitrogen and oxygen atoms in total. The van der Waals surface area contributed by atoms with E-state index < -0.39 is 0 Å². The lowest BCUT2D eigenvalue weighted by molar-refractivity contribution is -0.130. The number of rotatable bonds is 4. The fourth-order valence-electron chi connectivity index (χ4n) is 2.36. The maximum atomic E-state index is 12.7. The van der Waals surface area contributed by atoms with Crippen molar-refractivity contribution < 1.29 is 9.18 Å².